The molecule has 3 aromatic rings. The average Bonchev–Trinajstić information content (AvgIpc) is 3.04. The highest BCUT2D eigenvalue weighted by atomic mass is 32.2. The first-order valence-corrected chi connectivity index (χ1v) is 16.0. The Bertz CT molecular complexity index is 1480. The van der Waals surface area contributed by atoms with Gasteiger partial charge in [-0.15, -0.1) is 0 Å². The molecule has 1 unspecified atom stereocenters. The van der Waals surface area contributed by atoms with E-state index in [-0.39, 0.29) is 17.2 Å². The zero-order chi connectivity index (χ0) is 31.5. The number of nitrogens with one attached hydrogen (secondary N) is 3. The van der Waals surface area contributed by atoms with Crippen molar-refractivity contribution in [3.63, 3.8) is 0 Å². The Labute approximate surface area is 258 Å². The van der Waals surface area contributed by atoms with Gasteiger partial charge in [0.25, 0.3) is 5.91 Å². The molecule has 12 heteroatoms. The third-order valence-corrected chi connectivity index (χ3v) is 8.76. The Morgan fingerprint density at radius 3 is 2.16 bits per heavy atom. The molecule has 4 rings (SSSR count). The van der Waals surface area contributed by atoms with E-state index >= 15 is 0 Å². The summed E-state index contributed by atoms with van der Waals surface area (Å²) in [5.74, 6) is 0.240. The van der Waals surface area contributed by atoms with Gasteiger partial charge in [-0.2, -0.15) is 4.72 Å². The first kappa shape index (κ1) is 32.8. The van der Waals surface area contributed by atoms with Crippen molar-refractivity contribution in [1.82, 2.24) is 10.0 Å². The predicted molar refractivity (Wildman–Crippen MR) is 169 cm³/mol. The van der Waals surface area contributed by atoms with Gasteiger partial charge < -0.3 is 29.7 Å². The lowest BCUT2D eigenvalue weighted by Gasteiger charge is -2.29. The lowest BCUT2D eigenvalue weighted by molar-refractivity contribution is -0.117. The highest BCUT2D eigenvalue weighted by Crippen LogP contribution is 2.23. The molecule has 1 fully saturated rings. The van der Waals surface area contributed by atoms with E-state index in [9.17, 15) is 18.0 Å². The molecule has 1 heterocycles. The maximum atomic E-state index is 13.4. The Morgan fingerprint density at radius 2 is 1.55 bits per heavy atom. The van der Waals surface area contributed by atoms with Crippen LogP contribution in [0, 0.1) is 6.92 Å². The number of amides is 2. The number of aryl methyl sites for hydroxylation is 1. The summed E-state index contributed by atoms with van der Waals surface area (Å²) in [7, 11) is -0.942. The van der Waals surface area contributed by atoms with Gasteiger partial charge in [0.1, 0.15) is 17.5 Å². The van der Waals surface area contributed by atoms with Crippen molar-refractivity contribution in [3.05, 3.63) is 77.9 Å². The summed E-state index contributed by atoms with van der Waals surface area (Å²) in [6, 6.07) is 17.8. The second-order valence-electron chi connectivity index (χ2n) is 10.5. The van der Waals surface area contributed by atoms with Crippen molar-refractivity contribution in [2.24, 2.45) is 0 Å². The summed E-state index contributed by atoms with van der Waals surface area (Å²) in [5, 5.41) is 5.71. The number of sulfonamides is 1. The van der Waals surface area contributed by atoms with Crippen LogP contribution in [0.1, 0.15) is 35.2 Å². The Kier molecular flexibility index (Phi) is 11.6. The van der Waals surface area contributed by atoms with Gasteiger partial charge in [0, 0.05) is 42.6 Å². The number of unbranched alkanes of at least 4 members (excludes halogenated alkanes) is 1. The minimum Gasteiger partial charge on any atom is -0.497 e. The molecular weight excluding hydrogens is 584 g/mol. The van der Waals surface area contributed by atoms with E-state index in [1.54, 1.807) is 42.5 Å². The van der Waals surface area contributed by atoms with Crippen LogP contribution in [0.25, 0.3) is 0 Å². The van der Waals surface area contributed by atoms with Crippen LogP contribution in [-0.2, 0) is 19.6 Å². The molecule has 0 saturated carbocycles. The monoisotopic (exact) mass is 624 g/mol. The van der Waals surface area contributed by atoms with E-state index in [1.165, 1.54) is 26.4 Å². The molecule has 0 bridgehead atoms. The van der Waals surface area contributed by atoms with E-state index in [0.29, 0.717) is 55.4 Å². The van der Waals surface area contributed by atoms with Crippen LogP contribution in [0.4, 0.5) is 11.4 Å². The van der Waals surface area contributed by atoms with Gasteiger partial charge in [-0.25, -0.2) is 8.42 Å². The zero-order valence-electron chi connectivity index (χ0n) is 25.3. The number of benzene rings is 3. The van der Waals surface area contributed by atoms with Crippen LogP contribution in [0.2, 0.25) is 0 Å². The minimum atomic E-state index is -3.96. The van der Waals surface area contributed by atoms with E-state index in [2.05, 4.69) is 20.3 Å². The largest absolute Gasteiger partial charge is 0.497 e. The summed E-state index contributed by atoms with van der Waals surface area (Å²) in [6.07, 6.45) is 1.23. The van der Waals surface area contributed by atoms with Gasteiger partial charge in [0.2, 0.25) is 15.9 Å². The molecule has 0 spiro atoms. The first-order chi connectivity index (χ1) is 21.2. The summed E-state index contributed by atoms with van der Waals surface area (Å²) in [4.78, 5) is 28.4. The summed E-state index contributed by atoms with van der Waals surface area (Å²) >= 11 is 0. The van der Waals surface area contributed by atoms with Crippen molar-refractivity contribution in [2.45, 2.75) is 37.1 Å². The van der Waals surface area contributed by atoms with Gasteiger partial charge in [-0.1, -0.05) is 17.7 Å². The van der Waals surface area contributed by atoms with Crippen LogP contribution in [-0.4, -0.2) is 73.3 Å². The van der Waals surface area contributed by atoms with E-state index in [0.717, 1.165) is 24.3 Å². The summed E-state index contributed by atoms with van der Waals surface area (Å²) < 4.78 is 44.8. The molecule has 1 atom stereocenters. The number of morpholine rings is 1. The molecule has 236 valence electrons. The Hall–Kier alpha value is -4.13. The van der Waals surface area contributed by atoms with E-state index in [4.69, 9.17) is 14.2 Å². The van der Waals surface area contributed by atoms with Gasteiger partial charge in [-0.3, -0.25) is 9.59 Å². The summed E-state index contributed by atoms with van der Waals surface area (Å²) in [6.45, 7) is 5.13. The first-order valence-electron chi connectivity index (χ1n) is 14.5. The third kappa shape index (κ3) is 9.18. The SMILES string of the molecule is COc1cc(OC)cc(C(=O)NCCCCC(NS(=O)(=O)c2ccc(C)cc2)C(=O)Nc2ccc(N3CCOCC3)cc2)c1. The number of hydrogen-bond donors (Lipinski definition) is 3. The smallest absolute Gasteiger partial charge is 0.251 e. The van der Waals surface area contributed by atoms with Crippen LogP contribution < -0.4 is 29.7 Å². The molecule has 3 N–H and O–H groups in total. The number of methoxy groups -OCH3 is 2. The maximum Gasteiger partial charge on any atom is 0.251 e. The number of hydrogen-bond acceptors (Lipinski definition) is 8. The quantitative estimate of drug-likeness (QED) is 0.231. The fourth-order valence-corrected chi connectivity index (χ4v) is 5.97. The van der Waals surface area contributed by atoms with Crippen molar-refractivity contribution in [3.8, 4) is 11.5 Å². The van der Waals surface area contributed by atoms with E-state index in [1.807, 2.05) is 19.1 Å². The summed E-state index contributed by atoms with van der Waals surface area (Å²) in [5.41, 5.74) is 2.90. The zero-order valence-corrected chi connectivity index (χ0v) is 26.1. The second kappa shape index (κ2) is 15.6. The third-order valence-electron chi connectivity index (χ3n) is 7.28. The van der Waals surface area contributed by atoms with Crippen LogP contribution in [0.5, 0.6) is 11.5 Å². The number of rotatable bonds is 14. The molecule has 0 radical (unpaired) electrons. The molecule has 0 aliphatic carbocycles. The second-order valence-corrected chi connectivity index (χ2v) is 12.2. The lowest BCUT2D eigenvalue weighted by Crippen LogP contribution is -2.43. The fraction of sp³-hybridized carbons (Fsp3) is 0.375. The standard InChI is InChI=1S/C32H40N4O7S/c1-23-7-13-29(14-8-23)44(39,40)35-30(32(38)34-25-9-11-26(12-10-25)36-16-18-43-19-17-36)6-4-5-15-33-31(37)24-20-27(41-2)22-28(21-24)42-3/h7-14,20-22,30,35H,4-6,15-19H2,1-3H3,(H,33,37)(H,34,38). The molecule has 1 aliphatic rings. The van der Waals surface area contributed by atoms with Gasteiger partial charge in [0.05, 0.1) is 32.3 Å². The number of anilines is 2. The molecule has 44 heavy (non-hydrogen) atoms. The number of carbonyl (C=O) groups is 2. The molecule has 1 saturated heterocycles. The lowest BCUT2D eigenvalue weighted by atomic mass is 10.1. The predicted octanol–water partition coefficient (Wildman–Crippen LogP) is 3.73. The van der Waals surface area contributed by atoms with Gasteiger partial charge in [-0.05, 0) is 74.7 Å². The Balaban J connectivity index is 1.38. The average molecular weight is 625 g/mol. The molecular formula is C32H40N4O7S. The minimum absolute atomic E-state index is 0.0803. The van der Waals surface area contributed by atoms with E-state index < -0.39 is 22.0 Å². The number of carbonyl (C=O) groups excluding carboxylic acids is 2. The number of nitrogens with zero attached hydrogens (tertiary/aromatic N) is 1. The number of ether oxygens (including phenoxy) is 3. The highest BCUT2D eigenvalue weighted by Gasteiger charge is 2.26. The molecule has 0 aromatic heterocycles. The van der Waals surface area contributed by atoms with Crippen LogP contribution >= 0.6 is 0 Å². The fourth-order valence-electron chi connectivity index (χ4n) is 4.74. The van der Waals surface area contributed by atoms with Gasteiger partial charge in [0.15, 0.2) is 0 Å². The van der Waals surface area contributed by atoms with Crippen molar-refractivity contribution in [1.29, 1.82) is 0 Å². The van der Waals surface area contributed by atoms with Crippen molar-refractivity contribution in [2.75, 3.05) is 57.3 Å². The topological polar surface area (TPSA) is 135 Å². The van der Waals surface area contributed by atoms with Crippen molar-refractivity contribution < 1.29 is 32.2 Å². The van der Waals surface area contributed by atoms with Crippen LogP contribution in [0.15, 0.2) is 71.6 Å². The van der Waals surface area contributed by atoms with Crippen molar-refractivity contribution >= 4 is 33.2 Å². The molecule has 1 aliphatic heterocycles. The van der Waals surface area contributed by atoms with Gasteiger partial charge >= 0.3 is 0 Å². The molecule has 2 amide bonds. The highest BCUT2D eigenvalue weighted by molar-refractivity contribution is 7.89. The molecule has 3 aromatic carbocycles. The normalized spacial score (nSPS) is 14.0. The molecule has 11 nitrogen and oxygen atoms in total. The van der Waals surface area contributed by atoms with Crippen LogP contribution in [0.3, 0.4) is 0 Å². The maximum absolute atomic E-state index is 13.4. The Morgan fingerprint density at radius 1 is 0.909 bits per heavy atom.